The van der Waals surface area contributed by atoms with Gasteiger partial charge >= 0.3 is 0 Å². The van der Waals surface area contributed by atoms with Gasteiger partial charge in [0.05, 0.1) is 17.5 Å². The minimum atomic E-state index is -0.587. The summed E-state index contributed by atoms with van der Waals surface area (Å²) in [7, 11) is 0. The molecule has 0 unspecified atom stereocenters. The second-order valence-electron chi connectivity index (χ2n) is 9.02. The van der Waals surface area contributed by atoms with Crippen molar-refractivity contribution in [3.8, 4) is 0 Å². The number of hydrogen-bond acceptors (Lipinski definition) is 5. The van der Waals surface area contributed by atoms with Crippen molar-refractivity contribution in [1.82, 2.24) is 23.9 Å². The van der Waals surface area contributed by atoms with E-state index in [-0.39, 0.29) is 18.2 Å². The Labute approximate surface area is 185 Å². The highest BCUT2D eigenvalue weighted by Gasteiger charge is 2.54. The highest BCUT2D eigenvalue weighted by atomic mass is 35.5. The van der Waals surface area contributed by atoms with E-state index in [2.05, 4.69) is 44.0 Å². The first kappa shape index (κ1) is 19.2. The van der Waals surface area contributed by atoms with E-state index in [1.54, 1.807) is 0 Å². The lowest BCUT2D eigenvalue weighted by Crippen LogP contribution is -2.27. The third kappa shape index (κ3) is 3.23. The average molecular weight is 438 g/mol. The summed E-state index contributed by atoms with van der Waals surface area (Å²) in [6.45, 7) is 4.00. The molecule has 160 valence electrons. The fraction of sp³-hybridized carbons (Fsp3) is 0.435. The normalized spacial score (nSPS) is 27.3. The third-order valence-corrected chi connectivity index (χ3v) is 6.94. The molecule has 4 atom stereocenters. The van der Waals surface area contributed by atoms with Crippen LogP contribution in [0.1, 0.15) is 38.3 Å². The maximum atomic E-state index is 6.39. The van der Waals surface area contributed by atoms with E-state index in [4.69, 9.17) is 21.1 Å². The first-order valence-corrected chi connectivity index (χ1v) is 11.1. The van der Waals surface area contributed by atoms with Crippen LogP contribution in [0.2, 0.25) is 5.15 Å². The molecule has 0 amide bonds. The Balaban J connectivity index is 1.28. The molecule has 1 saturated heterocycles. The molecular weight excluding hydrogens is 414 g/mol. The quantitative estimate of drug-likeness (QED) is 0.441. The Morgan fingerprint density at radius 3 is 2.87 bits per heavy atom. The molecule has 31 heavy (non-hydrogen) atoms. The lowest BCUT2D eigenvalue weighted by Gasteiger charge is -2.24. The Hall–Kier alpha value is -2.48. The Morgan fingerprint density at radius 1 is 1.10 bits per heavy atom. The number of halogens is 1. The number of aromatic nitrogens is 5. The van der Waals surface area contributed by atoms with E-state index in [1.807, 2.05) is 36.7 Å². The van der Waals surface area contributed by atoms with Crippen molar-refractivity contribution >= 4 is 28.3 Å². The second-order valence-corrected chi connectivity index (χ2v) is 9.38. The monoisotopic (exact) mass is 437 g/mol. The number of rotatable bonds is 4. The van der Waals surface area contributed by atoms with Crippen LogP contribution in [0.4, 0.5) is 0 Å². The molecule has 2 fully saturated rings. The standard InChI is InChI=1S/C23H24ClN5O2/c1-23(2)30-19-15(4-3-14-5-8-28-10-7-25-18(28)11-14)12-17(20(19)31-23)29-9-6-16-21(24)26-13-27-22(16)29/h5-11,13,15,17,19-20H,3-4,12H2,1-2H3/t15-,17+,19+,20-/m0/s1. The van der Waals surface area contributed by atoms with E-state index in [9.17, 15) is 0 Å². The van der Waals surface area contributed by atoms with Gasteiger partial charge in [0.15, 0.2) is 5.79 Å². The molecule has 1 saturated carbocycles. The summed E-state index contributed by atoms with van der Waals surface area (Å²) < 4.78 is 17.0. The van der Waals surface area contributed by atoms with Gasteiger partial charge in [0.25, 0.3) is 0 Å². The maximum absolute atomic E-state index is 6.39. The Morgan fingerprint density at radius 2 is 1.97 bits per heavy atom. The lowest BCUT2D eigenvalue weighted by molar-refractivity contribution is -0.160. The summed E-state index contributed by atoms with van der Waals surface area (Å²) >= 11 is 6.29. The molecule has 0 bridgehead atoms. The van der Waals surface area contributed by atoms with E-state index in [0.29, 0.717) is 11.1 Å². The lowest BCUT2D eigenvalue weighted by atomic mass is 9.96. The van der Waals surface area contributed by atoms with Crippen molar-refractivity contribution in [3.05, 3.63) is 60.0 Å². The summed E-state index contributed by atoms with van der Waals surface area (Å²) in [5.41, 5.74) is 3.13. The van der Waals surface area contributed by atoms with Gasteiger partial charge in [-0.1, -0.05) is 11.6 Å². The van der Waals surface area contributed by atoms with Crippen molar-refractivity contribution in [1.29, 1.82) is 0 Å². The number of aryl methyl sites for hydroxylation is 1. The summed E-state index contributed by atoms with van der Waals surface area (Å²) in [6.07, 6.45) is 12.5. The van der Waals surface area contributed by atoms with Crippen LogP contribution in [0.15, 0.2) is 49.3 Å². The summed E-state index contributed by atoms with van der Waals surface area (Å²) in [5, 5.41) is 1.35. The molecule has 2 aliphatic rings. The number of pyridine rings is 1. The van der Waals surface area contributed by atoms with E-state index >= 15 is 0 Å². The molecule has 1 aliphatic carbocycles. The van der Waals surface area contributed by atoms with Crippen molar-refractivity contribution in [2.45, 2.75) is 57.1 Å². The molecular formula is C23H24ClN5O2. The largest absolute Gasteiger partial charge is 0.344 e. The fourth-order valence-corrected chi connectivity index (χ4v) is 5.47. The first-order chi connectivity index (χ1) is 15.0. The fourth-order valence-electron chi connectivity index (χ4n) is 5.28. The van der Waals surface area contributed by atoms with Gasteiger partial charge in [-0.2, -0.15) is 0 Å². The van der Waals surface area contributed by atoms with Gasteiger partial charge in [0, 0.05) is 24.8 Å². The first-order valence-electron chi connectivity index (χ1n) is 10.7. The van der Waals surface area contributed by atoms with Crippen LogP contribution < -0.4 is 0 Å². The number of ether oxygens (including phenoxy) is 2. The minimum absolute atomic E-state index is 0.0147. The molecule has 0 aromatic carbocycles. The highest BCUT2D eigenvalue weighted by Crippen LogP contribution is 2.49. The van der Waals surface area contributed by atoms with Crippen LogP contribution in [0.3, 0.4) is 0 Å². The summed E-state index contributed by atoms with van der Waals surface area (Å²) in [6, 6.07) is 6.47. The second kappa shape index (κ2) is 7.02. The van der Waals surface area contributed by atoms with Crippen LogP contribution in [0.5, 0.6) is 0 Å². The molecule has 8 heteroatoms. The zero-order valence-electron chi connectivity index (χ0n) is 17.5. The highest BCUT2D eigenvalue weighted by molar-refractivity contribution is 6.33. The zero-order valence-corrected chi connectivity index (χ0v) is 18.2. The van der Waals surface area contributed by atoms with Gasteiger partial charge in [-0.25, -0.2) is 15.0 Å². The Kier molecular flexibility index (Phi) is 4.35. The maximum Gasteiger partial charge on any atom is 0.163 e. The van der Waals surface area contributed by atoms with Gasteiger partial charge in [-0.05, 0) is 62.8 Å². The van der Waals surface area contributed by atoms with Gasteiger partial charge in [0.1, 0.15) is 28.9 Å². The number of hydrogen-bond donors (Lipinski definition) is 0. The van der Waals surface area contributed by atoms with Crippen LogP contribution in [-0.2, 0) is 15.9 Å². The van der Waals surface area contributed by atoms with Gasteiger partial charge in [0.2, 0.25) is 0 Å². The minimum Gasteiger partial charge on any atom is -0.344 e. The predicted molar refractivity (Wildman–Crippen MR) is 117 cm³/mol. The average Bonchev–Trinajstić information content (AvgIpc) is 3.49. The zero-order chi connectivity index (χ0) is 21.2. The van der Waals surface area contributed by atoms with Crippen molar-refractivity contribution < 1.29 is 9.47 Å². The van der Waals surface area contributed by atoms with Crippen molar-refractivity contribution in [2.24, 2.45) is 5.92 Å². The van der Waals surface area contributed by atoms with Gasteiger partial charge < -0.3 is 18.4 Å². The third-order valence-electron chi connectivity index (χ3n) is 6.64. The van der Waals surface area contributed by atoms with E-state index in [1.165, 1.54) is 11.9 Å². The molecule has 0 spiro atoms. The van der Waals surface area contributed by atoms with Crippen molar-refractivity contribution in [2.75, 3.05) is 0 Å². The van der Waals surface area contributed by atoms with Crippen LogP contribution >= 0.6 is 11.6 Å². The molecule has 6 rings (SSSR count). The van der Waals surface area contributed by atoms with Crippen LogP contribution in [0.25, 0.3) is 16.7 Å². The molecule has 5 heterocycles. The van der Waals surface area contributed by atoms with Crippen LogP contribution in [-0.4, -0.2) is 41.9 Å². The molecule has 4 aromatic heterocycles. The number of fused-ring (bicyclic) bond motifs is 3. The smallest absolute Gasteiger partial charge is 0.163 e. The number of nitrogens with zero attached hydrogens (tertiary/aromatic N) is 5. The predicted octanol–water partition coefficient (Wildman–Crippen LogP) is 4.45. The van der Waals surface area contributed by atoms with E-state index in [0.717, 1.165) is 35.9 Å². The summed E-state index contributed by atoms with van der Waals surface area (Å²) in [4.78, 5) is 13.0. The van der Waals surface area contributed by atoms with Gasteiger partial charge in [-0.15, -0.1) is 0 Å². The summed E-state index contributed by atoms with van der Waals surface area (Å²) in [5.74, 6) is -0.195. The molecule has 0 N–H and O–H groups in total. The topological polar surface area (TPSA) is 66.5 Å². The molecule has 1 aliphatic heterocycles. The molecule has 4 aromatic rings. The number of imidazole rings is 1. The molecule has 7 nitrogen and oxygen atoms in total. The SMILES string of the molecule is CC1(C)O[C@@H]2[C@@H](CCc3ccn4ccnc4c3)C[C@@H](n3ccc4c(Cl)ncnc43)[C@@H]2O1. The van der Waals surface area contributed by atoms with Crippen LogP contribution in [0, 0.1) is 5.92 Å². The Bertz CT molecular complexity index is 1270. The van der Waals surface area contributed by atoms with Gasteiger partial charge in [-0.3, -0.25) is 0 Å². The van der Waals surface area contributed by atoms with E-state index < -0.39 is 5.79 Å². The molecule has 0 radical (unpaired) electrons. The van der Waals surface area contributed by atoms with Crippen molar-refractivity contribution in [3.63, 3.8) is 0 Å².